The Bertz CT molecular complexity index is 694. The largest absolute Gasteiger partial charge is 0.467 e. The molecule has 0 aliphatic rings. The van der Waals surface area contributed by atoms with Crippen molar-refractivity contribution in [2.24, 2.45) is 0 Å². The molecule has 21 heavy (non-hydrogen) atoms. The van der Waals surface area contributed by atoms with Crippen LogP contribution in [0.1, 0.15) is 22.0 Å². The molecule has 1 unspecified atom stereocenters. The number of rotatable bonds is 4. The Balaban J connectivity index is 2.28. The third-order valence-electron chi connectivity index (χ3n) is 2.91. The summed E-state index contributed by atoms with van der Waals surface area (Å²) in [5, 5.41) is 2.51. The summed E-state index contributed by atoms with van der Waals surface area (Å²) in [6.45, 7) is 0. The first kappa shape index (κ1) is 14.5. The molecule has 108 valence electrons. The molecule has 0 aliphatic carbocycles. The van der Waals surface area contributed by atoms with Gasteiger partial charge in [-0.25, -0.2) is 4.79 Å². The summed E-state index contributed by atoms with van der Waals surface area (Å²) in [4.78, 5) is 38.3. The highest BCUT2D eigenvalue weighted by Gasteiger charge is 2.24. The van der Waals surface area contributed by atoms with Crippen LogP contribution in [0.3, 0.4) is 0 Å². The zero-order valence-electron chi connectivity index (χ0n) is 11.3. The van der Waals surface area contributed by atoms with Crippen LogP contribution < -0.4 is 10.7 Å². The zero-order valence-corrected chi connectivity index (χ0v) is 11.3. The molecule has 1 aromatic carbocycles. The number of aromatic amines is 1. The van der Waals surface area contributed by atoms with Crippen LogP contribution in [0, 0.1) is 0 Å². The third-order valence-corrected chi connectivity index (χ3v) is 2.91. The molecule has 0 aliphatic heterocycles. The number of hydrogen-bond acceptors (Lipinski definition) is 4. The monoisotopic (exact) mass is 286 g/mol. The van der Waals surface area contributed by atoms with E-state index in [1.165, 1.54) is 25.6 Å². The minimum atomic E-state index is -0.969. The van der Waals surface area contributed by atoms with Crippen LogP contribution in [0.25, 0.3) is 0 Å². The molecular weight excluding hydrogens is 272 g/mol. The van der Waals surface area contributed by atoms with Gasteiger partial charge in [0.25, 0.3) is 5.91 Å². The van der Waals surface area contributed by atoms with Gasteiger partial charge in [-0.3, -0.25) is 9.59 Å². The van der Waals surface area contributed by atoms with Crippen LogP contribution in [0.5, 0.6) is 0 Å². The van der Waals surface area contributed by atoms with Gasteiger partial charge in [-0.05, 0) is 5.56 Å². The fourth-order valence-electron chi connectivity index (χ4n) is 1.84. The zero-order chi connectivity index (χ0) is 15.2. The van der Waals surface area contributed by atoms with Gasteiger partial charge in [0.05, 0.1) is 7.11 Å². The van der Waals surface area contributed by atoms with Crippen molar-refractivity contribution in [1.29, 1.82) is 0 Å². The molecule has 0 saturated carbocycles. The minimum absolute atomic E-state index is 0.0673. The third kappa shape index (κ3) is 3.36. The van der Waals surface area contributed by atoms with E-state index in [0.717, 1.165) is 0 Å². The maximum Gasteiger partial charge on any atom is 0.333 e. The van der Waals surface area contributed by atoms with E-state index < -0.39 is 23.3 Å². The van der Waals surface area contributed by atoms with Crippen molar-refractivity contribution in [2.75, 3.05) is 7.11 Å². The van der Waals surface area contributed by atoms with Gasteiger partial charge in [-0.15, -0.1) is 0 Å². The number of pyridine rings is 1. The van der Waals surface area contributed by atoms with E-state index in [1.807, 2.05) is 0 Å². The van der Waals surface area contributed by atoms with Gasteiger partial charge in [0.15, 0.2) is 11.5 Å². The molecule has 6 nitrogen and oxygen atoms in total. The predicted molar refractivity (Wildman–Crippen MR) is 75.7 cm³/mol. The highest BCUT2D eigenvalue weighted by atomic mass is 16.5. The summed E-state index contributed by atoms with van der Waals surface area (Å²) in [5.74, 6) is -1.25. The fourth-order valence-corrected chi connectivity index (χ4v) is 1.84. The van der Waals surface area contributed by atoms with Gasteiger partial charge in [0.2, 0.25) is 0 Å². The lowest BCUT2D eigenvalue weighted by Gasteiger charge is -2.16. The summed E-state index contributed by atoms with van der Waals surface area (Å²) in [7, 11) is 1.24. The lowest BCUT2D eigenvalue weighted by Crippen LogP contribution is -2.36. The maximum atomic E-state index is 12.1. The lowest BCUT2D eigenvalue weighted by atomic mass is 10.1. The Kier molecular flexibility index (Phi) is 4.50. The summed E-state index contributed by atoms with van der Waals surface area (Å²) >= 11 is 0. The number of hydrogen-bond donors (Lipinski definition) is 2. The van der Waals surface area contributed by atoms with E-state index in [0.29, 0.717) is 5.56 Å². The van der Waals surface area contributed by atoms with Crippen LogP contribution >= 0.6 is 0 Å². The first-order valence-electron chi connectivity index (χ1n) is 6.24. The van der Waals surface area contributed by atoms with E-state index in [2.05, 4.69) is 10.3 Å². The van der Waals surface area contributed by atoms with Crippen molar-refractivity contribution >= 4 is 11.9 Å². The van der Waals surface area contributed by atoms with E-state index in [-0.39, 0.29) is 5.56 Å². The molecule has 0 bridgehead atoms. The number of H-pyrrole nitrogens is 1. The number of esters is 1. The van der Waals surface area contributed by atoms with Crippen molar-refractivity contribution < 1.29 is 14.3 Å². The van der Waals surface area contributed by atoms with Crippen molar-refractivity contribution in [3.8, 4) is 0 Å². The summed E-state index contributed by atoms with van der Waals surface area (Å²) in [6, 6.07) is 8.93. The highest BCUT2D eigenvalue weighted by molar-refractivity contribution is 5.96. The second-order valence-electron chi connectivity index (χ2n) is 4.26. The van der Waals surface area contributed by atoms with Crippen LogP contribution in [0.4, 0.5) is 0 Å². The second-order valence-corrected chi connectivity index (χ2v) is 4.26. The normalized spacial score (nSPS) is 11.5. The minimum Gasteiger partial charge on any atom is -0.467 e. The Labute approximate surface area is 120 Å². The van der Waals surface area contributed by atoms with Gasteiger partial charge in [0.1, 0.15) is 5.56 Å². The van der Waals surface area contributed by atoms with Crippen LogP contribution in [-0.4, -0.2) is 24.0 Å². The Hall–Kier alpha value is -2.89. The number of nitrogens with one attached hydrogen (secondary N) is 2. The van der Waals surface area contributed by atoms with Gasteiger partial charge >= 0.3 is 5.97 Å². The van der Waals surface area contributed by atoms with Gasteiger partial charge in [0, 0.05) is 18.5 Å². The van der Waals surface area contributed by atoms with E-state index in [4.69, 9.17) is 4.74 Å². The summed E-state index contributed by atoms with van der Waals surface area (Å²) in [6.07, 6.45) is 2.71. The van der Waals surface area contributed by atoms with Crippen LogP contribution in [0.15, 0.2) is 53.6 Å². The summed E-state index contributed by atoms with van der Waals surface area (Å²) in [5.41, 5.74) is 0.0790. The van der Waals surface area contributed by atoms with Crippen molar-refractivity contribution in [3.63, 3.8) is 0 Å². The highest BCUT2D eigenvalue weighted by Crippen LogP contribution is 2.14. The molecular formula is C15H14N2O4. The first-order chi connectivity index (χ1) is 10.1. The fraction of sp³-hybridized carbons (Fsp3) is 0.133. The SMILES string of the molecule is COC(=O)C(NC(=O)c1c[nH]ccc1=O)c1ccccc1. The number of benzene rings is 1. The molecule has 1 aromatic heterocycles. The van der Waals surface area contributed by atoms with E-state index in [1.54, 1.807) is 30.3 Å². The topological polar surface area (TPSA) is 88.3 Å². The Morgan fingerprint density at radius 3 is 2.52 bits per heavy atom. The smallest absolute Gasteiger partial charge is 0.333 e. The number of ether oxygens (including phenoxy) is 1. The average molecular weight is 286 g/mol. The van der Waals surface area contributed by atoms with Crippen LogP contribution in [0.2, 0.25) is 0 Å². The number of amides is 1. The molecule has 0 radical (unpaired) electrons. The number of aromatic nitrogens is 1. The molecule has 0 spiro atoms. The number of carbonyl (C=O) groups excluding carboxylic acids is 2. The predicted octanol–water partition coefficient (Wildman–Crippen LogP) is 1.02. The average Bonchev–Trinajstić information content (AvgIpc) is 2.53. The standard InChI is InChI=1S/C15H14N2O4/c1-21-15(20)13(10-5-3-2-4-6-10)17-14(19)11-9-16-8-7-12(11)18/h2-9,13H,1H3,(H,16,18)(H,17,19). The molecule has 2 N–H and O–H groups in total. The Morgan fingerprint density at radius 2 is 1.90 bits per heavy atom. The van der Waals surface area contributed by atoms with Crippen molar-refractivity contribution in [1.82, 2.24) is 10.3 Å². The molecule has 6 heteroatoms. The van der Waals surface area contributed by atoms with Crippen LogP contribution in [-0.2, 0) is 9.53 Å². The molecule has 2 rings (SSSR count). The van der Waals surface area contributed by atoms with Crippen molar-refractivity contribution in [3.05, 3.63) is 70.1 Å². The molecule has 1 heterocycles. The van der Waals surface area contributed by atoms with Crippen molar-refractivity contribution in [2.45, 2.75) is 6.04 Å². The molecule has 0 fully saturated rings. The van der Waals surface area contributed by atoms with Gasteiger partial charge < -0.3 is 15.0 Å². The lowest BCUT2D eigenvalue weighted by molar-refractivity contribution is -0.143. The quantitative estimate of drug-likeness (QED) is 0.821. The number of methoxy groups -OCH3 is 1. The maximum absolute atomic E-state index is 12.1. The first-order valence-corrected chi connectivity index (χ1v) is 6.24. The van der Waals surface area contributed by atoms with Gasteiger partial charge in [-0.1, -0.05) is 30.3 Å². The van der Waals surface area contributed by atoms with Gasteiger partial charge in [-0.2, -0.15) is 0 Å². The van der Waals surface area contributed by atoms with E-state index in [9.17, 15) is 14.4 Å². The molecule has 1 atom stereocenters. The summed E-state index contributed by atoms with van der Waals surface area (Å²) < 4.78 is 4.69. The Morgan fingerprint density at radius 1 is 1.19 bits per heavy atom. The molecule has 1 amide bonds. The second kappa shape index (κ2) is 6.51. The molecule has 2 aromatic rings. The molecule has 0 saturated heterocycles. The number of carbonyl (C=O) groups is 2. The van der Waals surface area contributed by atoms with E-state index >= 15 is 0 Å².